The van der Waals surface area contributed by atoms with Crippen LogP contribution in [-0.2, 0) is 0 Å². The number of nitriles is 2. The lowest BCUT2D eigenvalue weighted by molar-refractivity contribution is -0.275. The monoisotopic (exact) mass is 259 g/mol. The fourth-order valence-electron chi connectivity index (χ4n) is 4.73. The number of hydrogen-bond acceptors (Lipinski definition) is 4. The van der Waals surface area contributed by atoms with E-state index in [1.54, 1.807) is 0 Å². The van der Waals surface area contributed by atoms with Crippen molar-refractivity contribution in [3.05, 3.63) is 0 Å². The lowest BCUT2D eigenvalue weighted by Crippen LogP contribution is -2.69. The van der Waals surface area contributed by atoms with Crippen molar-refractivity contribution >= 4 is 0 Å². The number of fused-ring (bicyclic) bond motifs is 2. The molecule has 1 aliphatic heterocycles. The molecule has 0 spiro atoms. The van der Waals surface area contributed by atoms with E-state index >= 15 is 0 Å². The summed E-state index contributed by atoms with van der Waals surface area (Å²) in [5.74, 6) is 0.474. The van der Waals surface area contributed by atoms with E-state index in [2.05, 4.69) is 12.1 Å². The SMILES string of the molecule is N#C[C@]12CCCC[C@H]1C[C@H]1CCCC[C@@]1(C#N)N2O. The van der Waals surface area contributed by atoms with Gasteiger partial charge in [0, 0.05) is 0 Å². The van der Waals surface area contributed by atoms with E-state index in [4.69, 9.17) is 0 Å². The zero-order valence-electron chi connectivity index (χ0n) is 11.3. The second-order valence-electron chi connectivity index (χ2n) is 6.51. The molecule has 3 rings (SSSR count). The van der Waals surface area contributed by atoms with Crippen LogP contribution in [0.2, 0.25) is 0 Å². The van der Waals surface area contributed by atoms with Gasteiger partial charge in [0.2, 0.25) is 0 Å². The maximum absolute atomic E-state index is 10.8. The average molecular weight is 259 g/mol. The molecule has 0 radical (unpaired) electrons. The Kier molecular flexibility index (Phi) is 3.04. The van der Waals surface area contributed by atoms with Crippen LogP contribution in [0.3, 0.4) is 0 Å². The maximum atomic E-state index is 10.8. The second-order valence-corrected chi connectivity index (χ2v) is 6.51. The second kappa shape index (κ2) is 4.47. The van der Waals surface area contributed by atoms with Gasteiger partial charge in [0.15, 0.2) is 0 Å². The van der Waals surface area contributed by atoms with Crippen molar-refractivity contribution < 1.29 is 5.21 Å². The van der Waals surface area contributed by atoms with Gasteiger partial charge < -0.3 is 5.21 Å². The standard InChI is InChI=1S/C15H21N3O/c16-10-14-7-3-1-5-12(14)9-13-6-2-4-8-15(13,11-17)18(14)19/h12-13,19H,1-9H2/t12-,13+,14+,15-. The molecule has 0 aromatic heterocycles. The molecule has 4 nitrogen and oxygen atoms in total. The third-order valence-electron chi connectivity index (χ3n) is 5.78. The molecule has 4 heteroatoms. The van der Waals surface area contributed by atoms with Crippen molar-refractivity contribution in [1.29, 1.82) is 10.5 Å². The van der Waals surface area contributed by atoms with Crippen LogP contribution in [0.1, 0.15) is 57.8 Å². The molecule has 2 saturated carbocycles. The first-order valence-electron chi connectivity index (χ1n) is 7.51. The van der Waals surface area contributed by atoms with E-state index in [1.165, 1.54) is 5.06 Å². The van der Waals surface area contributed by atoms with Gasteiger partial charge in [0.1, 0.15) is 11.1 Å². The maximum Gasteiger partial charge on any atom is 0.137 e. The minimum atomic E-state index is -0.804. The highest BCUT2D eigenvalue weighted by Gasteiger charge is 2.62. The van der Waals surface area contributed by atoms with Gasteiger partial charge in [-0.15, -0.1) is 0 Å². The molecule has 0 unspecified atom stereocenters. The Hall–Kier alpha value is -1.10. The Balaban J connectivity index is 2.04. The highest BCUT2D eigenvalue weighted by Crippen LogP contribution is 2.54. The minimum Gasteiger partial charge on any atom is -0.311 e. The number of hydroxylamine groups is 2. The van der Waals surface area contributed by atoms with Crippen LogP contribution < -0.4 is 0 Å². The predicted octanol–water partition coefficient (Wildman–Crippen LogP) is 2.99. The number of nitrogens with zero attached hydrogens (tertiary/aromatic N) is 3. The van der Waals surface area contributed by atoms with Crippen molar-refractivity contribution in [1.82, 2.24) is 5.06 Å². The summed E-state index contributed by atoms with van der Waals surface area (Å²) in [5, 5.41) is 31.4. The molecule has 1 N–H and O–H groups in total. The lowest BCUT2D eigenvalue weighted by Gasteiger charge is -2.58. The summed E-state index contributed by atoms with van der Waals surface area (Å²) < 4.78 is 0. The lowest BCUT2D eigenvalue weighted by atomic mass is 9.58. The largest absolute Gasteiger partial charge is 0.311 e. The summed E-state index contributed by atoms with van der Waals surface area (Å²) in [4.78, 5) is 0. The molecule has 0 aromatic carbocycles. The summed E-state index contributed by atoms with van der Waals surface area (Å²) in [7, 11) is 0. The van der Waals surface area contributed by atoms with Gasteiger partial charge in [0.25, 0.3) is 0 Å². The minimum absolute atomic E-state index is 0.237. The topological polar surface area (TPSA) is 71.0 Å². The summed E-state index contributed by atoms with van der Waals surface area (Å²) >= 11 is 0. The number of piperidine rings is 1. The van der Waals surface area contributed by atoms with Crippen LogP contribution in [0.5, 0.6) is 0 Å². The van der Waals surface area contributed by atoms with E-state index < -0.39 is 11.1 Å². The van der Waals surface area contributed by atoms with Crippen LogP contribution in [0, 0.1) is 34.5 Å². The fourth-order valence-corrected chi connectivity index (χ4v) is 4.73. The van der Waals surface area contributed by atoms with Crippen LogP contribution in [0.4, 0.5) is 0 Å². The van der Waals surface area contributed by atoms with E-state index in [0.29, 0.717) is 12.8 Å². The molecule has 3 aliphatic rings. The Labute approximate surface area is 114 Å². The summed E-state index contributed by atoms with van der Waals surface area (Å²) in [5.41, 5.74) is -1.61. The first-order chi connectivity index (χ1) is 9.19. The molecule has 3 fully saturated rings. The smallest absolute Gasteiger partial charge is 0.137 e. The van der Waals surface area contributed by atoms with Gasteiger partial charge in [-0.2, -0.15) is 15.6 Å². The van der Waals surface area contributed by atoms with Crippen LogP contribution >= 0.6 is 0 Å². The van der Waals surface area contributed by atoms with E-state index in [-0.39, 0.29) is 11.8 Å². The quantitative estimate of drug-likeness (QED) is 0.726. The highest BCUT2D eigenvalue weighted by atomic mass is 16.5. The van der Waals surface area contributed by atoms with Gasteiger partial charge in [-0.1, -0.05) is 25.7 Å². The Morgan fingerprint density at radius 2 is 1.37 bits per heavy atom. The van der Waals surface area contributed by atoms with Gasteiger partial charge in [-0.25, -0.2) is 0 Å². The Morgan fingerprint density at radius 1 is 0.895 bits per heavy atom. The molecule has 19 heavy (non-hydrogen) atoms. The molecule has 2 aliphatic carbocycles. The highest BCUT2D eigenvalue weighted by molar-refractivity contribution is 5.25. The first-order valence-corrected chi connectivity index (χ1v) is 7.51. The van der Waals surface area contributed by atoms with Crippen LogP contribution in [-0.4, -0.2) is 21.3 Å². The van der Waals surface area contributed by atoms with E-state index in [1.807, 2.05) is 0 Å². The molecule has 0 bridgehead atoms. The molecule has 0 amide bonds. The first kappa shape index (κ1) is 12.9. The van der Waals surface area contributed by atoms with Crippen molar-refractivity contribution in [2.75, 3.05) is 0 Å². The third kappa shape index (κ3) is 1.57. The van der Waals surface area contributed by atoms with Crippen molar-refractivity contribution in [3.8, 4) is 12.1 Å². The summed E-state index contributed by atoms with van der Waals surface area (Å²) in [6.07, 6.45) is 8.65. The normalized spacial score (nSPS) is 46.5. The molecule has 102 valence electrons. The van der Waals surface area contributed by atoms with Crippen molar-refractivity contribution in [3.63, 3.8) is 0 Å². The molecule has 4 atom stereocenters. The zero-order chi connectivity index (χ0) is 13.5. The van der Waals surface area contributed by atoms with Gasteiger partial charge >= 0.3 is 0 Å². The molecule has 1 saturated heterocycles. The van der Waals surface area contributed by atoms with Gasteiger partial charge in [-0.3, -0.25) is 0 Å². The van der Waals surface area contributed by atoms with Crippen LogP contribution in [0.25, 0.3) is 0 Å². The summed E-state index contributed by atoms with van der Waals surface area (Å²) in [6, 6.07) is 4.77. The zero-order valence-corrected chi connectivity index (χ0v) is 11.3. The third-order valence-corrected chi connectivity index (χ3v) is 5.78. The summed E-state index contributed by atoms with van der Waals surface area (Å²) in [6.45, 7) is 0. The van der Waals surface area contributed by atoms with Gasteiger partial charge in [-0.05, 0) is 43.9 Å². The molecule has 1 heterocycles. The van der Waals surface area contributed by atoms with Crippen LogP contribution in [0.15, 0.2) is 0 Å². The van der Waals surface area contributed by atoms with E-state index in [9.17, 15) is 15.7 Å². The van der Waals surface area contributed by atoms with Gasteiger partial charge in [0.05, 0.1) is 12.1 Å². The molecular formula is C15H21N3O. The molecule has 0 aromatic rings. The van der Waals surface area contributed by atoms with Crippen molar-refractivity contribution in [2.24, 2.45) is 11.8 Å². The fraction of sp³-hybridized carbons (Fsp3) is 0.867. The molecular weight excluding hydrogens is 238 g/mol. The Bertz CT molecular complexity index is 411. The predicted molar refractivity (Wildman–Crippen MR) is 68.8 cm³/mol. The van der Waals surface area contributed by atoms with E-state index in [0.717, 1.165) is 44.9 Å². The number of rotatable bonds is 0. The number of hydrogen-bond donors (Lipinski definition) is 1. The van der Waals surface area contributed by atoms with Crippen molar-refractivity contribution in [2.45, 2.75) is 68.9 Å². The Morgan fingerprint density at radius 3 is 1.79 bits per heavy atom. The average Bonchev–Trinajstić information content (AvgIpc) is 2.48.